The Morgan fingerprint density at radius 1 is 1.42 bits per heavy atom. The molecule has 1 atom stereocenters. The van der Waals surface area contributed by atoms with E-state index in [4.69, 9.17) is 0 Å². The Hall–Kier alpha value is -1.23. The molecule has 3 nitrogen and oxygen atoms in total. The van der Waals surface area contributed by atoms with Gasteiger partial charge in [0, 0.05) is 11.2 Å². The zero-order chi connectivity index (χ0) is 14.1. The van der Waals surface area contributed by atoms with Crippen molar-refractivity contribution in [2.75, 3.05) is 16.8 Å². The van der Waals surface area contributed by atoms with E-state index in [0.29, 0.717) is 5.75 Å². The van der Waals surface area contributed by atoms with E-state index in [1.807, 2.05) is 13.8 Å². The van der Waals surface area contributed by atoms with Crippen LogP contribution in [0.2, 0.25) is 0 Å². The zero-order valence-electron chi connectivity index (χ0n) is 11.1. The van der Waals surface area contributed by atoms with Gasteiger partial charge in [0.2, 0.25) is 0 Å². The lowest BCUT2D eigenvalue weighted by Crippen LogP contribution is -2.61. The number of hydrogen-bond acceptors (Lipinski definition) is 3. The van der Waals surface area contributed by atoms with Gasteiger partial charge in [0.05, 0.1) is 5.69 Å². The van der Waals surface area contributed by atoms with Crippen LogP contribution >= 0.6 is 11.8 Å². The lowest BCUT2D eigenvalue weighted by Gasteiger charge is -2.47. The van der Waals surface area contributed by atoms with E-state index in [1.165, 1.54) is 6.07 Å². The highest BCUT2D eigenvalue weighted by Gasteiger charge is 2.53. The van der Waals surface area contributed by atoms with Crippen LogP contribution in [0.3, 0.4) is 0 Å². The van der Waals surface area contributed by atoms with Gasteiger partial charge >= 0.3 is 5.97 Å². The van der Waals surface area contributed by atoms with Gasteiger partial charge in [-0.15, -0.1) is 0 Å². The molecule has 1 aliphatic rings. The van der Waals surface area contributed by atoms with Crippen LogP contribution in [0.4, 0.5) is 10.1 Å². The first-order valence-corrected chi connectivity index (χ1v) is 7.38. The molecule has 1 saturated heterocycles. The van der Waals surface area contributed by atoms with Gasteiger partial charge < -0.3 is 10.4 Å². The maximum atomic E-state index is 13.8. The molecule has 0 amide bonds. The van der Waals surface area contributed by atoms with Crippen molar-refractivity contribution < 1.29 is 14.3 Å². The van der Waals surface area contributed by atoms with Crippen molar-refractivity contribution in [2.45, 2.75) is 25.8 Å². The first kappa shape index (κ1) is 14.2. The third-order valence-corrected chi connectivity index (χ3v) is 5.06. The number of anilines is 1. The first-order valence-electron chi connectivity index (χ1n) is 6.23. The van der Waals surface area contributed by atoms with Crippen LogP contribution in [0.15, 0.2) is 24.3 Å². The molecule has 1 fully saturated rings. The lowest BCUT2D eigenvalue weighted by atomic mass is 9.70. The Morgan fingerprint density at radius 2 is 2.11 bits per heavy atom. The van der Waals surface area contributed by atoms with Crippen LogP contribution in [0, 0.1) is 11.2 Å². The second-order valence-corrected chi connectivity index (χ2v) is 6.61. The molecule has 19 heavy (non-hydrogen) atoms. The summed E-state index contributed by atoms with van der Waals surface area (Å²) in [6.45, 7) is 3.85. The molecule has 2 rings (SSSR count). The van der Waals surface area contributed by atoms with E-state index < -0.39 is 22.7 Å². The minimum atomic E-state index is -1.14. The Morgan fingerprint density at radius 3 is 2.68 bits per heavy atom. The largest absolute Gasteiger partial charge is 0.479 e. The van der Waals surface area contributed by atoms with Crippen molar-refractivity contribution in [1.29, 1.82) is 0 Å². The molecular formula is C14H18FNO2S. The summed E-state index contributed by atoms with van der Waals surface area (Å²) in [6, 6.07) is 6.20. The maximum Gasteiger partial charge on any atom is 0.330 e. The van der Waals surface area contributed by atoms with Crippen LogP contribution < -0.4 is 5.32 Å². The number of nitrogens with one attached hydrogen (secondary N) is 1. The summed E-state index contributed by atoms with van der Waals surface area (Å²) in [6.07, 6.45) is 0.783. The second kappa shape index (κ2) is 5.04. The van der Waals surface area contributed by atoms with Crippen molar-refractivity contribution in [1.82, 2.24) is 0 Å². The van der Waals surface area contributed by atoms with E-state index in [0.717, 1.165) is 12.2 Å². The average Bonchev–Trinajstić information content (AvgIpc) is 2.34. The molecular weight excluding hydrogens is 265 g/mol. The van der Waals surface area contributed by atoms with Crippen molar-refractivity contribution in [3.8, 4) is 0 Å². The van der Waals surface area contributed by atoms with Crippen molar-refractivity contribution >= 4 is 23.4 Å². The predicted molar refractivity (Wildman–Crippen MR) is 76.1 cm³/mol. The van der Waals surface area contributed by atoms with Gasteiger partial charge in [-0.25, -0.2) is 9.18 Å². The number of halogens is 1. The fourth-order valence-corrected chi connectivity index (χ4v) is 4.06. The molecule has 0 radical (unpaired) electrons. The summed E-state index contributed by atoms with van der Waals surface area (Å²) >= 11 is 1.59. The molecule has 0 spiro atoms. The Kier molecular flexibility index (Phi) is 3.76. The predicted octanol–water partition coefficient (Wildman–Crippen LogP) is 3.22. The van der Waals surface area contributed by atoms with Gasteiger partial charge in [0.25, 0.3) is 0 Å². The number of carbonyl (C=O) groups is 1. The summed E-state index contributed by atoms with van der Waals surface area (Å²) in [5.74, 6) is 0.0208. The monoisotopic (exact) mass is 283 g/mol. The van der Waals surface area contributed by atoms with E-state index in [-0.39, 0.29) is 5.69 Å². The fraction of sp³-hybridized carbons (Fsp3) is 0.500. The molecule has 0 aromatic heterocycles. The van der Waals surface area contributed by atoms with Crippen molar-refractivity contribution in [3.05, 3.63) is 30.1 Å². The Bertz CT molecular complexity index is 492. The number of benzene rings is 1. The van der Waals surface area contributed by atoms with Gasteiger partial charge in [-0.3, -0.25) is 0 Å². The van der Waals surface area contributed by atoms with Crippen LogP contribution in [-0.2, 0) is 4.79 Å². The van der Waals surface area contributed by atoms with E-state index in [9.17, 15) is 14.3 Å². The van der Waals surface area contributed by atoms with E-state index in [2.05, 4.69) is 5.32 Å². The SMILES string of the molecule is CC1(C)CCSCC1(Nc1ccccc1F)C(=O)O. The molecule has 1 aromatic carbocycles. The third kappa shape index (κ3) is 2.43. The summed E-state index contributed by atoms with van der Waals surface area (Å²) in [4.78, 5) is 11.8. The molecule has 1 aliphatic heterocycles. The minimum Gasteiger partial charge on any atom is -0.479 e. The normalized spacial score (nSPS) is 25.8. The van der Waals surface area contributed by atoms with Gasteiger partial charge in [-0.05, 0) is 24.3 Å². The fourth-order valence-electron chi connectivity index (χ4n) is 2.36. The van der Waals surface area contributed by atoms with Crippen molar-refractivity contribution in [3.63, 3.8) is 0 Å². The average molecular weight is 283 g/mol. The number of hydrogen-bond donors (Lipinski definition) is 2. The first-order chi connectivity index (χ1) is 8.89. The Labute approximate surface area is 116 Å². The van der Waals surface area contributed by atoms with Gasteiger partial charge in [-0.1, -0.05) is 26.0 Å². The van der Waals surface area contributed by atoms with Crippen LogP contribution in [0.5, 0.6) is 0 Å². The number of aliphatic carboxylic acids is 1. The maximum absolute atomic E-state index is 13.8. The molecule has 2 N–H and O–H groups in total. The smallest absolute Gasteiger partial charge is 0.330 e. The highest BCUT2D eigenvalue weighted by atomic mass is 32.2. The van der Waals surface area contributed by atoms with Gasteiger partial charge in [0.15, 0.2) is 0 Å². The van der Waals surface area contributed by atoms with Gasteiger partial charge in [-0.2, -0.15) is 11.8 Å². The molecule has 1 aromatic rings. The van der Waals surface area contributed by atoms with Crippen molar-refractivity contribution in [2.24, 2.45) is 5.41 Å². The Balaban J connectivity index is 2.41. The lowest BCUT2D eigenvalue weighted by molar-refractivity contribution is -0.145. The summed E-state index contributed by atoms with van der Waals surface area (Å²) < 4.78 is 13.8. The molecule has 1 unspecified atom stereocenters. The highest BCUT2D eigenvalue weighted by molar-refractivity contribution is 7.99. The molecule has 104 valence electrons. The van der Waals surface area contributed by atoms with E-state index in [1.54, 1.807) is 30.0 Å². The molecule has 0 bridgehead atoms. The standard InChI is InChI=1S/C14H18FNO2S/c1-13(2)7-8-19-9-14(13,12(17)18)16-11-6-4-3-5-10(11)15/h3-6,16H,7-9H2,1-2H3,(H,17,18). The summed E-state index contributed by atoms with van der Waals surface area (Å²) in [5, 5.41) is 12.6. The summed E-state index contributed by atoms with van der Waals surface area (Å²) in [7, 11) is 0. The van der Waals surface area contributed by atoms with E-state index >= 15 is 0 Å². The molecule has 1 heterocycles. The second-order valence-electron chi connectivity index (χ2n) is 5.50. The number of para-hydroxylation sites is 1. The van der Waals surface area contributed by atoms with Crippen LogP contribution in [0.25, 0.3) is 0 Å². The summed E-state index contributed by atoms with van der Waals surface area (Å²) in [5.41, 5.74) is -1.33. The zero-order valence-corrected chi connectivity index (χ0v) is 11.9. The van der Waals surface area contributed by atoms with Gasteiger partial charge in [0.1, 0.15) is 11.4 Å². The highest BCUT2D eigenvalue weighted by Crippen LogP contribution is 2.44. The quantitative estimate of drug-likeness (QED) is 0.894. The number of carboxylic acids is 1. The molecule has 5 heteroatoms. The van der Waals surface area contributed by atoms with Crippen LogP contribution in [-0.4, -0.2) is 28.1 Å². The number of rotatable bonds is 3. The molecule has 0 saturated carbocycles. The third-order valence-electron chi connectivity index (χ3n) is 3.93. The number of carboxylic acid groups (broad SMARTS) is 1. The minimum absolute atomic E-state index is 0.250. The topological polar surface area (TPSA) is 49.3 Å². The number of thioether (sulfide) groups is 1. The molecule has 0 aliphatic carbocycles. The van der Waals surface area contributed by atoms with Crippen LogP contribution in [0.1, 0.15) is 20.3 Å².